The van der Waals surface area contributed by atoms with Gasteiger partial charge in [-0.15, -0.1) is 16.7 Å². The zero-order chi connectivity index (χ0) is 11.4. The van der Waals surface area contributed by atoms with E-state index in [9.17, 15) is 0 Å². The summed E-state index contributed by atoms with van der Waals surface area (Å²) in [4.78, 5) is 0. The molecule has 0 saturated carbocycles. The number of hydrogen-bond acceptors (Lipinski definition) is 5. The first-order valence-corrected chi connectivity index (χ1v) is 5.87. The molecular formula is C10H9ClN2O2S. The van der Waals surface area contributed by atoms with E-state index in [0.29, 0.717) is 16.8 Å². The lowest BCUT2D eigenvalue weighted by Crippen LogP contribution is -1.86. The number of methoxy groups -OCH3 is 1. The second-order valence-electron chi connectivity index (χ2n) is 2.88. The van der Waals surface area contributed by atoms with Gasteiger partial charge in [-0.2, -0.15) is 0 Å². The fourth-order valence-electron chi connectivity index (χ4n) is 1.10. The lowest BCUT2D eigenvalue weighted by atomic mass is 10.3. The van der Waals surface area contributed by atoms with Crippen molar-refractivity contribution in [2.75, 3.05) is 7.11 Å². The van der Waals surface area contributed by atoms with E-state index < -0.39 is 0 Å². The molecule has 4 nitrogen and oxygen atoms in total. The van der Waals surface area contributed by atoms with Crippen LogP contribution in [0.3, 0.4) is 0 Å². The summed E-state index contributed by atoms with van der Waals surface area (Å²) >= 11 is 6.95. The topological polar surface area (TPSA) is 44.2 Å². The van der Waals surface area contributed by atoms with Gasteiger partial charge in [0.15, 0.2) is 0 Å². The maximum atomic E-state index is 5.62. The van der Waals surface area contributed by atoms with Crippen molar-refractivity contribution in [1.82, 2.24) is 10.2 Å². The summed E-state index contributed by atoms with van der Waals surface area (Å²) in [5, 5.41) is 8.92. The highest BCUT2D eigenvalue weighted by molar-refractivity contribution is 7.13. The van der Waals surface area contributed by atoms with E-state index in [1.54, 1.807) is 13.2 Å². The van der Waals surface area contributed by atoms with Crippen molar-refractivity contribution in [2.24, 2.45) is 0 Å². The maximum Gasteiger partial charge on any atom is 0.299 e. The van der Waals surface area contributed by atoms with E-state index in [1.807, 2.05) is 18.2 Å². The van der Waals surface area contributed by atoms with Crippen LogP contribution in [-0.2, 0) is 5.88 Å². The maximum absolute atomic E-state index is 5.62. The third-order valence-electron chi connectivity index (χ3n) is 1.81. The summed E-state index contributed by atoms with van der Waals surface area (Å²) in [6.45, 7) is 0. The average Bonchev–Trinajstić information content (AvgIpc) is 2.77. The Balaban J connectivity index is 2.13. The van der Waals surface area contributed by atoms with Crippen LogP contribution in [0.4, 0.5) is 0 Å². The van der Waals surface area contributed by atoms with Gasteiger partial charge < -0.3 is 9.47 Å². The quantitative estimate of drug-likeness (QED) is 0.789. The molecule has 2 aromatic rings. The first-order chi connectivity index (χ1) is 7.81. The predicted molar refractivity (Wildman–Crippen MR) is 62.5 cm³/mol. The molecule has 2 rings (SSSR count). The Morgan fingerprint density at radius 3 is 2.81 bits per heavy atom. The van der Waals surface area contributed by atoms with E-state index in [2.05, 4.69) is 10.2 Å². The second kappa shape index (κ2) is 5.14. The first-order valence-electron chi connectivity index (χ1n) is 4.52. The number of ether oxygens (including phenoxy) is 2. The van der Waals surface area contributed by atoms with Crippen LogP contribution in [0.2, 0.25) is 0 Å². The van der Waals surface area contributed by atoms with Crippen molar-refractivity contribution < 1.29 is 9.47 Å². The van der Waals surface area contributed by atoms with Gasteiger partial charge in [0.1, 0.15) is 16.5 Å². The fourth-order valence-corrected chi connectivity index (χ4v) is 1.87. The molecule has 16 heavy (non-hydrogen) atoms. The number of halogens is 1. The summed E-state index contributed by atoms with van der Waals surface area (Å²) in [6.07, 6.45) is 0. The van der Waals surface area contributed by atoms with Crippen molar-refractivity contribution in [1.29, 1.82) is 0 Å². The average molecular weight is 257 g/mol. The lowest BCUT2D eigenvalue weighted by molar-refractivity contribution is 0.408. The molecule has 0 unspecified atom stereocenters. The molecular weight excluding hydrogens is 248 g/mol. The molecule has 0 amide bonds. The molecule has 84 valence electrons. The molecule has 1 heterocycles. The van der Waals surface area contributed by atoms with Gasteiger partial charge in [-0.1, -0.05) is 22.5 Å². The zero-order valence-corrected chi connectivity index (χ0v) is 10.1. The van der Waals surface area contributed by atoms with E-state index >= 15 is 0 Å². The normalized spacial score (nSPS) is 10.1. The standard InChI is InChI=1S/C10H9ClN2O2S/c1-14-7-3-2-4-8(5-7)15-10-13-12-9(6-11)16-10/h2-5H,6H2,1H3. The van der Waals surface area contributed by atoms with Gasteiger partial charge >= 0.3 is 0 Å². The second-order valence-corrected chi connectivity index (χ2v) is 4.17. The Morgan fingerprint density at radius 2 is 2.12 bits per heavy atom. The molecule has 0 aliphatic rings. The van der Waals surface area contributed by atoms with Gasteiger partial charge in [-0.25, -0.2) is 0 Å². The van der Waals surface area contributed by atoms with Gasteiger partial charge in [0.25, 0.3) is 5.19 Å². The highest BCUT2D eigenvalue weighted by atomic mass is 35.5. The van der Waals surface area contributed by atoms with Crippen molar-refractivity contribution in [3.63, 3.8) is 0 Å². The Morgan fingerprint density at radius 1 is 1.31 bits per heavy atom. The van der Waals surface area contributed by atoms with E-state index in [0.717, 1.165) is 10.8 Å². The third-order valence-corrected chi connectivity index (χ3v) is 3.02. The van der Waals surface area contributed by atoms with E-state index in [1.165, 1.54) is 11.3 Å². The Bertz CT molecular complexity index is 475. The molecule has 0 saturated heterocycles. The molecule has 1 aromatic carbocycles. The van der Waals surface area contributed by atoms with Crippen LogP contribution >= 0.6 is 22.9 Å². The summed E-state index contributed by atoms with van der Waals surface area (Å²) in [7, 11) is 1.61. The van der Waals surface area contributed by atoms with Crippen LogP contribution in [0.1, 0.15) is 5.01 Å². The number of aromatic nitrogens is 2. The Kier molecular flexibility index (Phi) is 3.58. The molecule has 0 N–H and O–H groups in total. The summed E-state index contributed by atoms with van der Waals surface area (Å²) in [6, 6.07) is 7.29. The minimum absolute atomic E-state index is 0.346. The minimum atomic E-state index is 0.346. The Labute approximate surface area is 102 Å². The summed E-state index contributed by atoms with van der Waals surface area (Å²) < 4.78 is 10.6. The highest BCUT2D eigenvalue weighted by Gasteiger charge is 2.05. The smallest absolute Gasteiger partial charge is 0.299 e. The summed E-state index contributed by atoms with van der Waals surface area (Å²) in [5.74, 6) is 1.75. The number of rotatable bonds is 4. The van der Waals surface area contributed by atoms with Crippen molar-refractivity contribution in [2.45, 2.75) is 5.88 Å². The Hall–Kier alpha value is -1.33. The number of nitrogens with zero attached hydrogens (tertiary/aromatic N) is 2. The zero-order valence-electron chi connectivity index (χ0n) is 8.51. The highest BCUT2D eigenvalue weighted by Crippen LogP contribution is 2.27. The van der Waals surface area contributed by atoms with Crippen molar-refractivity contribution in [3.8, 4) is 16.7 Å². The lowest BCUT2D eigenvalue weighted by Gasteiger charge is -2.03. The molecule has 0 atom stereocenters. The van der Waals surface area contributed by atoms with Crippen molar-refractivity contribution in [3.05, 3.63) is 29.3 Å². The van der Waals surface area contributed by atoms with Crippen LogP contribution in [-0.4, -0.2) is 17.3 Å². The minimum Gasteiger partial charge on any atom is -0.497 e. The van der Waals surface area contributed by atoms with Gasteiger partial charge in [0.05, 0.1) is 13.0 Å². The molecule has 0 bridgehead atoms. The molecule has 0 aliphatic heterocycles. The molecule has 0 fully saturated rings. The van der Waals surface area contributed by atoms with E-state index in [4.69, 9.17) is 21.1 Å². The van der Waals surface area contributed by atoms with Crippen molar-refractivity contribution >= 4 is 22.9 Å². The van der Waals surface area contributed by atoms with Gasteiger partial charge in [-0.05, 0) is 12.1 Å². The number of benzene rings is 1. The predicted octanol–water partition coefficient (Wildman–Crippen LogP) is 3.08. The fraction of sp³-hybridized carbons (Fsp3) is 0.200. The molecule has 1 aromatic heterocycles. The molecule has 0 radical (unpaired) electrons. The van der Waals surface area contributed by atoms with Gasteiger partial charge in [-0.3, -0.25) is 0 Å². The number of alkyl halides is 1. The van der Waals surface area contributed by atoms with Crippen LogP contribution in [0.5, 0.6) is 16.7 Å². The molecule has 6 heteroatoms. The largest absolute Gasteiger partial charge is 0.497 e. The SMILES string of the molecule is COc1cccc(Oc2nnc(CCl)s2)c1. The summed E-state index contributed by atoms with van der Waals surface area (Å²) in [5.41, 5.74) is 0. The van der Waals surface area contributed by atoms with Gasteiger partial charge in [0.2, 0.25) is 0 Å². The van der Waals surface area contributed by atoms with Gasteiger partial charge in [0, 0.05) is 6.07 Å². The van der Waals surface area contributed by atoms with Crippen LogP contribution in [0.25, 0.3) is 0 Å². The molecule has 0 spiro atoms. The van der Waals surface area contributed by atoms with Crippen LogP contribution < -0.4 is 9.47 Å². The third kappa shape index (κ3) is 2.62. The van der Waals surface area contributed by atoms with Crippen LogP contribution in [0.15, 0.2) is 24.3 Å². The van der Waals surface area contributed by atoms with E-state index in [-0.39, 0.29) is 0 Å². The van der Waals surface area contributed by atoms with Crippen LogP contribution in [0, 0.1) is 0 Å². The first kappa shape index (κ1) is 11.2. The molecule has 0 aliphatic carbocycles. The monoisotopic (exact) mass is 256 g/mol. The number of hydrogen-bond donors (Lipinski definition) is 0.